The van der Waals surface area contributed by atoms with Crippen LogP contribution in [0.4, 0.5) is 32.0 Å². The molecule has 212 valence electrons. The van der Waals surface area contributed by atoms with Crippen LogP contribution in [0.1, 0.15) is 32.3 Å². The van der Waals surface area contributed by atoms with Gasteiger partial charge in [-0.3, -0.25) is 4.98 Å². The van der Waals surface area contributed by atoms with E-state index in [4.69, 9.17) is 9.90 Å². The third-order valence-corrected chi connectivity index (χ3v) is 9.43. The van der Waals surface area contributed by atoms with Gasteiger partial charge in [0.1, 0.15) is 0 Å². The Balaban J connectivity index is 0.000000532. The van der Waals surface area contributed by atoms with Crippen LogP contribution in [0.5, 0.6) is 0 Å². The van der Waals surface area contributed by atoms with Gasteiger partial charge in [0.25, 0.3) is 0 Å². The van der Waals surface area contributed by atoms with E-state index >= 15 is 0 Å². The standard InChI is InChI=1S/C24H25F3N2O2S.C2HF3O2/c1-23(2,32(30,31)20-9-4-8-19(16-20)24(25,26)27)18-11-14-29(15-12-18)21-10-3-6-17-7-5-13-28-22(17)21;3-2(4,5)1(6)7/h3-10,13,16,18H,11-12,14-15H2,1-2H3;(H,6,7). The highest BCUT2D eigenvalue weighted by atomic mass is 32.2. The molecule has 0 radical (unpaired) electrons. The molecule has 0 unspecified atom stereocenters. The van der Waals surface area contributed by atoms with Crippen LogP contribution in [0, 0.1) is 5.92 Å². The number of hydrogen-bond donors (Lipinski definition) is 1. The van der Waals surface area contributed by atoms with Crippen molar-refractivity contribution in [1.82, 2.24) is 4.98 Å². The van der Waals surface area contributed by atoms with Gasteiger partial charge in [-0.25, -0.2) is 13.2 Å². The Morgan fingerprint density at radius 1 is 0.949 bits per heavy atom. The number of piperidine rings is 1. The van der Waals surface area contributed by atoms with Gasteiger partial charge in [-0.15, -0.1) is 0 Å². The van der Waals surface area contributed by atoms with Gasteiger partial charge in [-0.1, -0.05) is 24.3 Å². The molecule has 0 aliphatic carbocycles. The lowest BCUT2D eigenvalue weighted by atomic mass is 9.85. The molecule has 39 heavy (non-hydrogen) atoms. The van der Waals surface area contributed by atoms with Gasteiger partial charge < -0.3 is 10.0 Å². The summed E-state index contributed by atoms with van der Waals surface area (Å²) in [5.41, 5.74) is 0.969. The van der Waals surface area contributed by atoms with E-state index in [0.717, 1.165) is 34.8 Å². The lowest BCUT2D eigenvalue weighted by Crippen LogP contribution is -2.46. The van der Waals surface area contributed by atoms with Gasteiger partial charge in [-0.2, -0.15) is 26.3 Å². The first-order valence-corrected chi connectivity index (χ1v) is 13.3. The predicted octanol–water partition coefficient (Wildman–Crippen LogP) is 6.36. The number of para-hydroxylation sites is 1. The highest BCUT2D eigenvalue weighted by Crippen LogP contribution is 2.40. The molecule has 2 heterocycles. The van der Waals surface area contributed by atoms with E-state index in [1.807, 2.05) is 30.3 Å². The van der Waals surface area contributed by atoms with Crippen molar-refractivity contribution in [3.8, 4) is 0 Å². The van der Waals surface area contributed by atoms with Crippen molar-refractivity contribution < 1.29 is 44.7 Å². The number of fused-ring (bicyclic) bond motifs is 1. The maximum atomic E-state index is 13.4. The average molecular weight is 577 g/mol. The Morgan fingerprint density at radius 3 is 2.08 bits per heavy atom. The molecule has 0 saturated carbocycles. The number of hydrogen-bond acceptors (Lipinski definition) is 5. The number of rotatable bonds is 4. The number of sulfone groups is 1. The molecule has 1 aliphatic rings. The Bertz CT molecular complexity index is 1420. The summed E-state index contributed by atoms with van der Waals surface area (Å²) < 4.78 is 96.6. The van der Waals surface area contributed by atoms with Crippen molar-refractivity contribution in [2.24, 2.45) is 5.92 Å². The van der Waals surface area contributed by atoms with Gasteiger partial charge in [0.05, 0.1) is 26.4 Å². The highest BCUT2D eigenvalue weighted by molar-refractivity contribution is 7.92. The predicted molar refractivity (Wildman–Crippen MR) is 133 cm³/mol. The zero-order valence-electron chi connectivity index (χ0n) is 20.9. The summed E-state index contributed by atoms with van der Waals surface area (Å²) in [7, 11) is -3.97. The summed E-state index contributed by atoms with van der Waals surface area (Å²) >= 11 is 0. The maximum absolute atomic E-state index is 13.4. The molecule has 1 saturated heterocycles. The van der Waals surface area contributed by atoms with Crippen LogP contribution in [0.3, 0.4) is 0 Å². The molecule has 3 aromatic rings. The van der Waals surface area contributed by atoms with Gasteiger partial charge in [0, 0.05) is 24.7 Å². The monoisotopic (exact) mass is 576 g/mol. The van der Waals surface area contributed by atoms with Crippen molar-refractivity contribution in [3.05, 3.63) is 66.4 Å². The van der Waals surface area contributed by atoms with Gasteiger partial charge in [-0.05, 0) is 62.9 Å². The van der Waals surface area contributed by atoms with Crippen molar-refractivity contribution in [2.75, 3.05) is 18.0 Å². The number of carboxylic acid groups (broad SMARTS) is 1. The molecule has 1 aliphatic heterocycles. The molecule has 4 rings (SSSR count). The normalized spacial score (nSPS) is 15.5. The summed E-state index contributed by atoms with van der Waals surface area (Å²) in [5, 5.41) is 8.17. The lowest BCUT2D eigenvalue weighted by molar-refractivity contribution is -0.192. The second kappa shape index (κ2) is 11.0. The van der Waals surface area contributed by atoms with Crippen LogP contribution in [0.2, 0.25) is 0 Å². The summed E-state index contributed by atoms with van der Waals surface area (Å²) in [6, 6.07) is 13.9. The Morgan fingerprint density at radius 2 is 1.51 bits per heavy atom. The van der Waals surface area contributed by atoms with E-state index in [1.54, 1.807) is 20.0 Å². The summed E-state index contributed by atoms with van der Waals surface area (Å²) in [6.07, 6.45) is -6.68. The number of aliphatic carboxylic acids is 1. The molecular weight excluding hydrogens is 550 g/mol. The van der Waals surface area contributed by atoms with Gasteiger partial charge in [0.15, 0.2) is 9.84 Å². The van der Waals surface area contributed by atoms with Gasteiger partial charge >= 0.3 is 18.3 Å². The minimum atomic E-state index is -5.08. The zero-order chi connectivity index (χ0) is 29.2. The third kappa shape index (κ3) is 6.63. The molecule has 0 atom stereocenters. The fraction of sp³-hybridized carbons (Fsp3) is 0.385. The quantitative estimate of drug-likeness (QED) is 0.364. The van der Waals surface area contributed by atoms with Crippen LogP contribution in [0.15, 0.2) is 65.7 Å². The first kappa shape index (κ1) is 30.2. The lowest BCUT2D eigenvalue weighted by Gasteiger charge is -2.41. The van der Waals surface area contributed by atoms with E-state index in [0.29, 0.717) is 25.9 Å². The molecule has 13 heteroatoms. The number of alkyl halides is 6. The van der Waals surface area contributed by atoms with Crippen molar-refractivity contribution in [3.63, 3.8) is 0 Å². The molecule has 0 spiro atoms. The minimum absolute atomic E-state index is 0.179. The third-order valence-electron chi connectivity index (χ3n) is 6.84. The number of pyridine rings is 1. The number of carboxylic acids is 1. The van der Waals surface area contributed by atoms with E-state index in [9.17, 15) is 34.8 Å². The molecule has 6 nitrogen and oxygen atoms in total. The van der Waals surface area contributed by atoms with Crippen LogP contribution in [-0.4, -0.2) is 48.5 Å². The number of benzene rings is 2. The number of aromatic nitrogens is 1. The molecule has 0 amide bonds. The highest BCUT2D eigenvalue weighted by Gasteiger charge is 2.44. The number of carbonyl (C=O) groups is 1. The Hall–Kier alpha value is -3.35. The van der Waals surface area contributed by atoms with E-state index in [-0.39, 0.29) is 10.8 Å². The molecule has 1 aromatic heterocycles. The fourth-order valence-electron chi connectivity index (χ4n) is 4.52. The Labute approximate surface area is 221 Å². The Kier molecular flexibility index (Phi) is 8.54. The molecule has 2 aromatic carbocycles. The second-order valence-corrected chi connectivity index (χ2v) is 12.1. The van der Waals surface area contributed by atoms with Crippen molar-refractivity contribution in [2.45, 2.75) is 48.7 Å². The summed E-state index contributed by atoms with van der Waals surface area (Å²) in [6.45, 7) is 4.56. The minimum Gasteiger partial charge on any atom is -0.475 e. The number of nitrogens with zero attached hydrogens (tertiary/aromatic N) is 2. The summed E-state index contributed by atoms with van der Waals surface area (Å²) in [5.74, 6) is -2.94. The van der Waals surface area contributed by atoms with Crippen LogP contribution >= 0.6 is 0 Å². The smallest absolute Gasteiger partial charge is 0.475 e. The van der Waals surface area contributed by atoms with Crippen LogP contribution in [-0.2, 0) is 20.8 Å². The second-order valence-electron chi connectivity index (χ2n) is 9.55. The number of anilines is 1. The SMILES string of the molecule is CC(C)(C1CCN(c2cccc3cccnc23)CC1)S(=O)(=O)c1cccc(C(F)(F)F)c1.O=C(O)C(F)(F)F. The zero-order valence-corrected chi connectivity index (χ0v) is 21.7. The molecule has 0 bridgehead atoms. The number of halogens is 6. The van der Waals surface area contributed by atoms with Crippen LogP contribution < -0.4 is 4.90 Å². The molecule has 1 N–H and O–H groups in total. The van der Waals surface area contributed by atoms with Crippen LogP contribution in [0.25, 0.3) is 10.9 Å². The molecular formula is C26H26F6N2O4S. The fourth-order valence-corrected chi connectivity index (χ4v) is 6.34. The van der Waals surface area contributed by atoms with E-state index in [2.05, 4.69) is 9.88 Å². The summed E-state index contributed by atoms with van der Waals surface area (Å²) in [4.78, 5) is 15.3. The van der Waals surface area contributed by atoms with Gasteiger partial charge in [0.2, 0.25) is 0 Å². The molecule has 1 fully saturated rings. The first-order valence-electron chi connectivity index (χ1n) is 11.8. The average Bonchev–Trinajstić information content (AvgIpc) is 2.87. The van der Waals surface area contributed by atoms with Crippen molar-refractivity contribution in [1.29, 1.82) is 0 Å². The van der Waals surface area contributed by atoms with E-state index in [1.165, 1.54) is 6.07 Å². The van der Waals surface area contributed by atoms with Crippen molar-refractivity contribution >= 4 is 32.4 Å². The van der Waals surface area contributed by atoms with E-state index < -0.39 is 38.5 Å². The largest absolute Gasteiger partial charge is 0.490 e. The maximum Gasteiger partial charge on any atom is 0.490 e. The topological polar surface area (TPSA) is 87.6 Å². The first-order chi connectivity index (χ1) is 18.0.